The van der Waals surface area contributed by atoms with Crippen LogP contribution in [0, 0.1) is 5.82 Å². The molecule has 0 spiro atoms. The van der Waals surface area contributed by atoms with Gasteiger partial charge in [0, 0.05) is 16.8 Å². The maximum absolute atomic E-state index is 13.2. The van der Waals surface area contributed by atoms with E-state index >= 15 is 0 Å². The summed E-state index contributed by atoms with van der Waals surface area (Å²) < 4.78 is 14.9. The Labute approximate surface area is 151 Å². The van der Waals surface area contributed by atoms with Gasteiger partial charge in [0.25, 0.3) is 5.91 Å². The van der Waals surface area contributed by atoms with Crippen LogP contribution in [0.25, 0.3) is 5.69 Å². The van der Waals surface area contributed by atoms with Gasteiger partial charge in [-0.1, -0.05) is 0 Å². The lowest BCUT2D eigenvalue weighted by Crippen LogP contribution is -2.46. The molecule has 6 nitrogen and oxygen atoms in total. The average molecular weight is 358 g/mol. The molecular weight excluding hydrogens is 335 g/mol. The van der Waals surface area contributed by atoms with E-state index in [0.29, 0.717) is 11.4 Å². The molecule has 138 valence electrons. The number of carbonyl (C=O) groups excluding carboxylic acids is 2. The van der Waals surface area contributed by atoms with Gasteiger partial charge in [-0.05, 0) is 64.3 Å². The number of hydrogen-bond donors (Lipinski definition) is 2. The van der Waals surface area contributed by atoms with Crippen molar-refractivity contribution in [2.45, 2.75) is 45.6 Å². The first-order valence-electron chi connectivity index (χ1n) is 8.70. The number of amides is 2. The summed E-state index contributed by atoms with van der Waals surface area (Å²) in [4.78, 5) is 24.4. The van der Waals surface area contributed by atoms with Crippen LogP contribution in [0.5, 0.6) is 0 Å². The fraction of sp³-hybridized carbons (Fsp3) is 0.421. The molecule has 2 N–H and O–H groups in total. The lowest BCUT2D eigenvalue weighted by molar-refractivity contribution is -0.121. The van der Waals surface area contributed by atoms with E-state index < -0.39 is 0 Å². The standard InChI is InChI=1S/C19H23FN4O2/c1-19(2,3)22-16(25)11-21-18(26)17-14-5-4-6-15(14)24(23-17)13-9-7-12(20)8-10-13/h7-10H,4-6,11H2,1-3H3,(H,21,26)(H,22,25). The minimum absolute atomic E-state index is 0.103. The fourth-order valence-corrected chi connectivity index (χ4v) is 3.12. The van der Waals surface area contributed by atoms with Gasteiger partial charge in [-0.3, -0.25) is 9.59 Å². The normalized spacial score (nSPS) is 13.4. The third-order valence-corrected chi connectivity index (χ3v) is 4.14. The van der Waals surface area contributed by atoms with Crippen LogP contribution in [0.4, 0.5) is 4.39 Å². The van der Waals surface area contributed by atoms with E-state index in [1.54, 1.807) is 16.8 Å². The summed E-state index contributed by atoms with van der Waals surface area (Å²) >= 11 is 0. The summed E-state index contributed by atoms with van der Waals surface area (Å²) in [5, 5.41) is 9.87. The molecule has 3 rings (SSSR count). The van der Waals surface area contributed by atoms with Gasteiger partial charge < -0.3 is 10.6 Å². The lowest BCUT2D eigenvalue weighted by Gasteiger charge is -2.20. The first-order valence-corrected chi connectivity index (χ1v) is 8.70. The second-order valence-corrected chi connectivity index (χ2v) is 7.50. The number of benzene rings is 1. The van der Waals surface area contributed by atoms with Crippen LogP contribution in [0.15, 0.2) is 24.3 Å². The summed E-state index contributed by atoms with van der Waals surface area (Å²) in [5.74, 6) is -0.936. The zero-order valence-electron chi connectivity index (χ0n) is 15.2. The van der Waals surface area contributed by atoms with E-state index in [2.05, 4.69) is 15.7 Å². The summed E-state index contributed by atoms with van der Waals surface area (Å²) in [6, 6.07) is 6.02. The van der Waals surface area contributed by atoms with Crippen LogP contribution >= 0.6 is 0 Å². The molecule has 1 aliphatic rings. The Kier molecular flexibility index (Phi) is 4.80. The highest BCUT2D eigenvalue weighted by molar-refractivity contribution is 5.96. The first kappa shape index (κ1) is 18.1. The summed E-state index contributed by atoms with van der Waals surface area (Å²) in [7, 11) is 0. The van der Waals surface area contributed by atoms with Crippen molar-refractivity contribution in [1.29, 1.82) is 0 Å². The quantitative estimate of drug-likeness (QED) is 0.879. The molecular formula is C19H23FN4O2. The molecule has 2 amide bonds. The van der Waals surface area contributed by atoms with Crippen LogP contribution in [-0.2, 0) is 17.6 Å². The molecule has 0 aliphatic heterocycles. The Morgan fingerprint density at radius 1 is 1.19 bits per heavy atom. The number of nitrogens with zero attached hydrogens (tertiary/aromatic N) is 2. The van der Waals surface area contributed by atoms with Crippen molar-refractivity contribution in [2.24, 2.45) is 0 Å². The number of carbonyl (C=O) groups is 2. The van der Waals surface area contributed by atoms with Crippen LogP contribution in [0.2, 0.25) is 0 Å². The van der Waals surface area contributed by atoms with Crippen molar-refractivity contribution >= 4 is 11.8 Å². The van der Waals surface area contributed by atoms with E-state index in [-0.39, 0.29) is 29.7 Å². The molecule has 2 aromatic rings. The number of fused-ring (bicyclic) bond motifs is 1. The van der Waals surface area contributed by atoms with Gasteiger partial charge in [-0.15, -0.1) is 0 Å². The van der Waals surface area contributed by atoms with E-state index in [1.807, 2.05) is 20.8 Å². The molecule has 0 fully saturated rings. The SMILES string of the molecule is CC(C)(C)NC(=O)CNC(=O)c1nn(-c2ccc(F)cc2)c2c1CCC2. The number of aromatic nitrogens is 2. The number of nitrogens with one attached hydrogen (secondary N) is 2. The Hall–Kier alpha value is -2.70. The molecule has 1 heterocycles. The molecule has 0 atom stereocenters. The van der Waals surface area contributed by atoms with Gasteiger partial charge in [0.05, 0.1) is 12.2 Å². The predicted octanol–water partition coefficient (Wildman–Crippen LogP) is 2.14. The van der Waals surface area contributed by atoms with Gasteiger partial charge in [-0.25, -0.2) is 9.07 Å². The van der Waals surface area contributed by atoms with Crippen LogP contribution in [-0.4, -0.2) is 33.7 Å². The molecule has 0 unspecified atom stereocenters. The Balaban J connectivity index is 1.78. The lowest BCUT2D eigenvalue weighted by atomic mass is 10.1. The Bertz CT molecular complexity index is 834. The van der Waals surface area contributed by atoms with Gasteiger partial charge in [-0.2, -0.15) is 5.10 Å². The maximum Gasteiger partial charge on any atom is 0.272 e. The molecule has 1 aromatic heterocycles. The molecule has 7 heteroatoms. The highest BCUT2D eigenvalue weighted by Crippen LogP contribution is 2.27. The highest BCUT2D eigenvalue weighted by Gasteiger charge is 2.27. The maximum atomic E-state index is 13.2. The van der Waals surface area contributed by atoms with Crippen LogP contribution in [0.1, 0.15) is 48.9 Å². The Morgan fingerprint density at radius 3 is 2.54 bits per heavy atom. The van der Waals surface area contributed by atoms with E-state index in [1.165, 1.54) is 12.1 Å². The summed E-state index contributed by atoms with van der Waals surface area (Å²) in [6.07, 6.45) is 2.53. The second-order valence-electron chi connectivity index (χ2n) is 7.50. The van der Waals surface area contributed by atoms with Gasteiger partial charge in [0.15, 0.2) is 5.69 Å². The number of halogens is 1. The Morgan fingerprint density at radius 2 is 1.88 bits per heavy atom. The average Bonchev–Trinajstić information content (AvgIpc) is 3.14. The zero-order valence-corrected chi connectivity index (χ0v) is 15.2. The monoisotopic (exact) mass is 358 g/mol. The zero-order chi connectivity index (χ0) is 18.9. The van der Waals surface area contributed by atoms with E-state index in [0.717, 1.165) is 30.5 Å². The number of rotatable bonds is 4. The third-order valence-electron chi connectivity index (χ3n) is 4.14. The second kappa shape index (κ2) is 6.90. The highest BCUT2D eigenvalue weighted by atomic mass is 19.1. The van der Waals surface area contributed by atoms with Crippen LogP contribution < -0.4 is 10.6 Å². The van der Waals surface area contributed by atoms with Gasteiger partial charge in [0.2, 0.25) is 5.91 Å². The summed E-state index contributed by atoms with van der Waals surface area (Å²) in [6.45, 7) is 5.53. The van der Waals surface area contributed by atoms with Crippen molar-refractivity contribution in [3.05, 3.63) is 47.0 Å². The molecule has 0 saturated carbocycles. The molecule has 0 radical (unpaired) electrons. The van der Waals surface area contributed by atoms with Gasteiger partial charge >= 0.3 is 0 Å². The van der Waals surface area contributed by atoms with Crippen LogP contribution in [0.3, 0.4) is 0 Å². The van der Waals surface area contributed by atoms with Crippen molar-refractivity contribution in [3.63, 3.8) is 0 Å². The predicted molar refractivity (Wildman–Crippen MR) is 95.8 cm³/mol. The first-order chi connectivity index (χ1) is 12.2. The van der Waals surface area contributed by atoms with Crippen molar-refractivity contribution in [3.8, 4) is 5.69 Å². The summed E-state index contributed by atoms with van der Waals surface area (Å²) in [5.41, 5.74) is 2.58. The molecule has 1 aromatic carbocycles. The minimum Gasteiger partial charge on any atom is -0.350 e. The van der Waals surface area contributed by atoms with Crippen molar-refractivity contribution < 1.29 is 14.0 Å². The third kappa shape index (κ3) is 3.92. The molecule has 26 heavy (non-hydrogen) atoms. The van der Waals surface area contributed by atoms with Crippen molar-refractivity contribution in [2.75, 3.05) is 6.54 Å². The minimum atomic E-state index is -0.368. The largest absolute Gasteiger partial charge is 0.350 e. The number of hydrogen-bond acceptors (Lipinski definition) is 3. The molecule has 0 saturated heterocycles. The van der Waals surface area contributed by atoms with E-state index in [4.69, 9.17) is 0 Å². The molecule has 1 aliphatic carbocycles. The fourth-order valence-electron chi connectivity index (χ4n) is 3.12. The topological polar surface area (TPSA) is 76.0 Å². The van der Waals surface area contributed by atoms with E-state index in [9.17, 15) is 14.0 Å². The smallest absolute Gasteiger partial charge is 0.272 e. The molecule has 0 bridgehead atoms. The van der Waals surface area contributed by atoms with Crippen molar-refractivity contribution in [1.82, 2.24) is 20.4 Å². The van der Waals surface area contributed by atoms with Gasteiger partial charge in [0.1, 0.15) is 5.82 Å².